The highest BCUT2D eigenvalue weighted by Crippen LogP contribution is 2.27. The molecule has 0 radical (unpaired) electrons. The van der Waals surface area contributed by atoms with Crippen LogP contribution in [-0.2, 0) is 13.0 Å². The van der Waals surface area contributed by atoms with Crippen molar-refractivity contribution in [3.05, 3.63) is 40.0 Å². The molecule has 1 atom stereocenters. The van der Waals surface area contributed by atoms with Crippen LogP contribution in [0.2, 0.25) is 0 Å². The molecule has 2 aromatic heterocycles. The molecule has 0 aliphatic carbocycles. The third kappa shape index (κ3) is 3.28. The summed E-state index contributed by atoms with van der Waals surface area (Å²) in [5.74, 6) is 0. The molecule has 5 heteroatoms. The first-order valence-corrected chi connectivity index (χ1v) is 7.44. The van der Waals surface area contributed by atoms with Crippen molar-refractivity contribution in [3.63, 3.8) is 0 Å². The van der Waals surface area contributed by atoms with Gasteiger partial charge in [0.25, 0.3) is 0 Å². The Kier molecular flexibility index (Phi) is 4.82. The molecule has 104 valence electrons. The van der Waals surface area contributed by atoms with Crippen LogP contribution in [0.4, 0.5) is 0 Å². The van der Waals surface area contributed by atoms with Gasteiger partial charge in [0.1, 0.15) is 0 Å². The van der Waals surface area contributed by atoms with E-state index in [-0.39, 0.29) is 6.04 Å². The maximum atomic E-state index is 5.35. The molecule has 1 N–H and O–H groups in total. The molecular formula is C14H20BrN3O. The summed E-state index contributed by atoms with van der Waals surface area (Å²) in [5, 5.41) is 8.00. The van der Waals surface area contributed by atoms with E-state index in [0.717, 1.165) is 35.4 Å². The summed E-state index contributed by atoms with van der Waals surface area (Å²) in [6.07, 6.45) is 2.62. The number of halogens is 1. The van der Waals surface area contributed by atoms with Crippen molar-refractivity contribution in [1.82, 2.24) is 15.1 Å². The Morgan fingerprint density at radius 1 is 1.47 bits per heavy atom. The summed E-state index contributed by atoms with van der Waals surface area (Å²) in [6.45, 7) is 8.08. The first-order chi connectivity index (χ1) is 9.15. The van der Waals surface area contributed by atoms with Gasteiger partial charge in [-0.2, -0.15) is 5.10 Å². The summed E-state index contributed by atoms with van der Waals surface area (Å²) in [5.41, 5.74) is 3.47. The van der Waals surface area contributed by atoms with Crippen molar-refractivity contribution < 1.29 is 4.42 Å². The molecule has 0 aromatic carbocycles. The zero-order valence-corrected chi connectivity index (χ0v) is 13.2. The van der Waals surface area contributed by atoms with Gasteiger partial charge in [-0.25, -0.2) is 0 Å². The summed E-state index contributed by atoms with van der Waals surface area (Å²) in [4.78, 5) is 0. The van der Waals surface area contributed by atoms with E-state index in [1.165, 1.54) is 5.69 Å². The highest BCUT2D eigenvalue weighted by molar-refractivity contribution is 9.10. The van der Waals surface area contributed by atoms with Crippen molar-refractivity contribution in [2.45, 2.75) is 39.8 Å². The fourth-order valence-corrected chi connectivity index (χ4v) is 2.86. The molecule has 2 rings (SSSR count). The Morgan fingerprint density at radius 2 is 2.26 bits per heavy atom. The zero-order chi connectivity index (χ0) is 13.8. The number of likely N-dealkylation sites (N-methyl/N-ethyl adjacent to an activating group) is 1. The SMILES string of the molecule is CCNC(Cc1cc(C)nn1CC)c1ccoc1Br. The van der Waals surface area contributed by atoms with Gasteiger partial charge in [-0.3, -0.25) is 4.68 Å². The van der Waals surface area contributed by atoms with Crippen molar-refractivity contribution in [2.24, 2.45) is 0 Å². The number of hydrogen-bond donors (Lipinski definition) is 1. The molecule has 1 unspecified atom stereocenters. The largest absolute Gasteiger partial charge is 0.457 e. The Bertz CT molecular complexity index is 533. The minimum Gasteiger partial charge on any atom is -0.457 e. The molecule has 0 saturated heterocycles. The monoisotopic (exact) mass is 325 g/mol. The lowest BCUT2D eigenvalue weighted by Crippen LogP contribution is -2.24. The number of aryl methyl sites for hydroxylation is 2. The van der Waals surface area contributed by atoms with Crippen LogP contribution in [-0.4, -0.2) is 16.3 Å². The Hall–Kier alpha value is -1.07. The summed E-state index contributed by atoms with van der Waals surface area (Å²) in [6, 6.07) is 4.40. The van der Waals surface area contributed by atoms with Gasteiger partial charge in [0.2, 0.25) is 0 Å². The third-order valence-corrected chi connectivity index (χ3v) is 3.82. The second-order valence-corrected chi connectivity index (χ2v) is 5.28. The van der Waals surface area contributed by atoms with Crippen LogP contribution >= 0.6 is 15.9 Å². The molecule has 0 saturated carbocycles. The average molecular weight is 326 g/mol. The lowest BCUT2D eigenvalue weighted by molar-refractivity contribution is 0.492. The molecule has 0 fully saturated rings. The van der Waals surface area contributed by atoms with Crippen LogP contribution in [0.15, 0.2) is 27.5 Å². The van der Waals surface area contributed by atoms with E-state index in [2.05, 4.69) is 50.9 Å². The molecule has 19 heavy (non-hydrogen) atoms. The number of aromatic nitrogens is 2. The molecule has 0 bridgehead atoms. The predicted octanol–water partition coefficient (Wildman–Crippen LogP) is 3.46. The van der Waals surface area contributed by atoms with Gasteiger partial charge in [0.15, 0.2) is 4.67 Å². The highest BCUT2D eigenvalue weighted by atomic mass is 79.9. The van der Waals surface area contributed by atoms with Crippen molar-refractivity contribution >= 4 is 15.9 Å². The van der Waals surface area contributed by atoms with Crippen LogP contribution in [0, 0.1) is 6.92 Å². The van der Waals surface area contributed by atoms with Gasteiger partial charge in [-0.1, -0.05) is 6.92 Å². The molecule has 2 heterocycles. The van der Waals surface area contributed by atoms with E-state index in [4.69, 9.17) is 4.42 Å². The summed E-state index contributed by atoms with van der Waals surface area (Å²) >= 11 is 3.46. The minimum atomic E-state index is 0.236. The fourth-order valence-electron chi connectivity index (χ4n) is 2.34. The van der Waals surface area contributed by atoms with Crippen molar-refractivity contribution in [2.75, 3.05) is 6.54 Å². The summed E-state index contributed by atoms with van der Waals surface area (Å²) in [7, 11) is 0. The molecule has 2 aromatic rings. The van der Waals surface area contributed by atoms with Crippen molar-refractivity contribution in [3.8, 4) is 0 Å². The quantitative estimate of drug-likeness (QED) is 0.884. The molecule has 0 aliphatic rings. The van der Waals surface area contributed by atoms with Crippen LogP contribution < -0.4 is 5.32 Å². The Balaban J connectivity index is 2.23. The Labute approximate surface area is 122 Å². The average Bonchev–Trinajstić information content (AvgIpc) is 2.94. The number of furan rings is 1. The number of rotatable bonds is 6. The molecule has 0 amide bonds. The topological polar surface area (TPSA) is 43.0 Å². The smallest absolute Gasteiger partial charge is 0.173 e. The maximum absolute atomic E-state index is 5.35. The molecule has 0 aliphatic heterocycles. The van der Waals surface area contributed by atoms with Gasteiger partial charge in [-0.15, -0.1) is 0 Å². The van der Waals surface area contributed by atoms with E-state index < -0.39 is 0 Å². The number of hydrogen-bond acceptors (Lipinski definition) is 3. The third-order valence-electron chi connectivity index (χ3n) is 3.17. The first-order valence-electron chi connectivity index (χ1n) is 6.65. The minimum absolute atomic E-state index is 0.236. The number of nitrogens with one attached hydrogen (secondary N) is 1. The number of nitrogens with zero attached hydrogens (tertiary/aromatic N) is 2. The van der Waals surface area contributed by atoms with Gasteiger partial charge in [0, 0.05) is 30.3 Å². The second kappa shape index (κ2) is 6.39. The van der Waals surface area contributed by atoms with Crippen LogP contribution in [0.5, 0.6) is 0 Å². The van der Waals surface area contributed by atoms with Gasteiger partial charge < -0.3 is 9.73 Å². The van der Waals surface area contributed by atoms with E-state index in [9.17, 15) is 0 Å². The van der Waals surface area contributed by atoms with E-state index in [0.29, 0.717) is 0 Å². The van der Waals surface area contributed by atoms with Gasteiger partial charge >= 0.3 is 0 Å². The van der Waals surface area contributed by atoms with Crippen molar-refractivity contribution in [1.29, 1.82) is 0 Å². The van der Waals surface area contributed by atoms with E-state index in [1.54, 1.807) is 6.26 Å². The van der Waals surface area contributed by atoms with Crippen LogP contribution in [0.3, 0.4) is 0 Å². The maximum Gasteiger partial charge on any atom is 0.173 e. The van der Waals surface area contributed by atoms with E-state index in [1.807, 2.05) is 13.0 Å². The standard InChI is InChI=1S/C14H20BrN3O/c1-4-16-13(12-6-7-19-14(12)15)9-11-8-10(3)17-18(11)5-2/h6-8,13,16H,4-5,9H2,1-3H3. The Morgan fingerprint density at radius 3 is 2.84 bits per heavy atom. The molecule has 4 nitrogen and oxygen atoms in total. The van der Waals surface area contributed by atoms with Gasteiger partial charge in [0.05, 0.1) is 12.0 Å². The van der Waals surface area contributed by atoms with Crippen LogP contribution in [0.25, 0.3) is 0 Å². The summed E-state index contributed by atoms with van der Waals surface area (Å²) < 4.78 is 8.21. The highest BCUT2D eigenvalue weighted by Gasteiger charge is 2.18. The normalized spacial score (nSPS) is 12.8. The fraction of sp³-hybridized carbons (Fsp3) is 0.500. The molecule has 0 spiro atoms. The first kappa shape index (κ1) is 14.3. The van der Waals surface area contributed by atoms with Crippen LogP contribution in [0.1, 0.15) is 36.8 Å². The molecular weight excluding hydrogens is 306 g/mol. The predicted molar refractivity (Wildman–Crippen MR) is 79.2 cm³/mol. The van der Waals surface area contributed by atoms with Gasteiger partial charge in [-0.05, 0) is 48.5 Å². The lowest BCUT2D eigenvalue weighted by atomic mass is 10.0. The lowest BCUT2D eigenvalue weighted by Gasteiger charge is -2.17. The van der Waals surface area contributed by atoms with E-state index >= 15 is 0 Å². The zero-order valence-electron chi connectivity index (χ0n) is 11.6. The second-order valence-electron chi connectivity index (χ2n) is 4.56.